The molecule has 1 N–H and O–H groups in total. The Hall–Kier alpha value is -3.00. The van der Waals surface area contributed by atoms with E-state index in [1.165, 1.54) is 11.6 Å². The van der Waals surface area contributed by atoms with Gasteiger partial charge in [0.25, 0.3) is 0 Å². The number of amides is 1. The van der Waals surface area contributed by atoms with E-state index in [-0.39, 0.29) is 23.1 Å². The van der Waals surface area contributed by atoms with Crippen molar-refractivity contribution in [2.24, 2.45) is 16.7 Å². The summed E-state index contributed by atoms with van der Waals surface area (Å²) < 4.78 is 13.8. The minimum absolute atomic E-state index is 0.0704. The molecule has 1 aromatic heterocycles. The van der Waals surface area contributed by atoms with Gasteiger partial charge in [-0.2, -0.15) is 5.26 Å². The molecule has 1 unspecified atom stereocenters. The van der Waals surface area contributed by atoms with Gasteiger partial charge < -0.3 is 5.32 Å². The van der Waals surface area contributed by atoms with Crippen LogP contribution in [0.25, 0.3) is 10.9 Å². The summed E-state index contributed by atoms with van der Waals surface area (Å²) in [4.78, 5) is 17.1. The number of carbonyl (C=O) groups excluding carboxylic acids is 1. The highest BCUT2D eigenvalue weighted by Gasteiger charge is 2.48. The number of hydrogen-bond acceptors (Lipinski definition) is 3. The molecular formula is C27H28FN3O. The topological polar surface area (TPSA) is 65.8 Å². The maximum atomic E-state index is 13.8. The van der Waals surface area contributed by atoms with E-state index in [0.717, 1.165) is 55.1 Å². The molecule has 1 amide bonds. The van der Waals surface area contributed by atoms with Crippen molar-refractivity contribution < 1.29 is 9.18 Å². The number of benzene rings is 1. The van der Waals surface area contributed by atoms with Crippen molar-refractivity contribution >= 4 is 16.8 Å². The Labute approximate surface area is 188 Å². The molecule has 2 aromatic rings. The summed E-state index contributed by atoms with van der Waals surface area (Å²) in [6, 6.07) is 9.18. The second kappa shape index (κ2) is 7.85. The number of hydrogen-bond donors (Lipinski definition) is 1. The van der Waals surface area contributed by atoms with Gasteiger partial charge in [0.2, 0.25) is 5.91 Å². The van der Waals surface area contributed by atoms with Crippen LogP contribution in [-0.4, -0.2) is 10.9 Å². The zero-order valence-electron chi connectivity index (χ0n) is 18.4. The first-order valence-electron chi connectivity index (χ1n) is 11.5. The van der Waals surface area contributed by atoms with E-state index in [9.17, 15) is 14.4 Å². The van der Waals surface area contributed by atoms with Gasteiger partial charge in [-0.3, -0.25) is 9.78 Å². The third kappa shape index (κ3) is 3.83. The van der Waals surface area contributed by atoms with Crippen LogP contribution in [0, 0.1) is 33.9 Å². The molecule has 4 nitrogen and oxygen atoms in total. The number of nitrogens with one attached hydrogen (secondary N) is 1. The molecule has 164 valence electrons. The standard InChI is InChI=1S/C27H28FN3O/c1-26(17-29)9-6-21(7-10-26)31-25(32)19-15-27(16-19)11-4-18(5-12-27)22-8-13-30-24-3-2-20(28)14-23(22)24/h2-3,6-9,13-14,18-19H,4-5,10-12,15-16H2,1H3,(H,31,32). The molecule has 1 atom stereocenters. The third-order valence-corrected chi connectivity index (χ3v) is 7.85. The Morgan fingerprint density at radius 2 is 2.03 bits per heavy atom. The summed E-state index contributed by atoms with van der Waals surface area (Å²) >= 11 is 0. The highest BCUT2D eigenvalue weighted by molar-refractivity contribution is 5.83. The maximum absolute atomic E-state index is 13.8. The van der Waals surface area contributed by atoms with Crippen LogP contribution >= 0.6 is 0 Å². The Bertz CT molecular complexity index is 1160. The first-order chi connectivity index (χ1) is 15.4. The van der Waals surface area contributed by atoms with E-state index in [1.54, 1.807) is 12.1 Å². The quantitative estimate of drug-likeness (QED) is 0.659. The summed E-state index contributed by atoms with van der Waals surface area (Å²) in [5.74, 6) is 0.380. The fourth-order valence-corrected chi connectivity index (χ4v) is 5.77. The van der Waals surface area contributed by atoms with Crippen molar-refractivity contribution in [1.82, 2.24) is 10.3 Å². The van der Waals surface area contributed by atoms with E-state index < -0.39 is 5.41 Å². The fraction of sp³-hybridized carbons (Fsp3) is 0.444. The molecule has 32 heavy (non-hydrogen) atoms. The molecule has 0 saturated heterocycles. The van der Waals surface area contributed by atoms with Gasteiger partial charge in [-0.1, -0.05) is 12.2 Å². The van der Waals surface area contributed by atoms with Crippen LogP contribution in [0.4, 0.5) is 4.39 Å². The van der Waals surface area contributed by atoms with Crippen molar-refractivity contribution in [3.05, 3.63) is 65.8 Å². The molecule has 3 aliphatic rings. The van der Waals surface area contributed by atoms with Crippen LogP contribution in [0.1, 0.15) is 63.4 Å². The second-order valence-corrected chi connectivity index (χ2v) is 10.2. The van der Waals surface area contributed by atoms with E-state index in [2.05, 4.69) is 16.4 Å². The summed E-state index contributed by atoms with van der Waals surface area (Å²) in [7, 11) is 0. The van der Waals surface area contributed by atoms with Gasteiger partial charge in [0.05, 0.1) is 17.0 Å². The molecule has 5 rings (SSSR count). The maximum Gasteiger partial charge on any atom is 0.227 e. The highest BCUT2D eigenvalue weighted by Crippen LogP contribution is 2.57. The monoisotopic (exact) mass is 429 g/mol. The summed E-state index contributed by atoms with van der Waals surface area (Å²) in [5.41, 5.74) is 2.68. The molecule has 1 aromatic carbocycles. The van der Waals surface area contributed by atoms with Crippen molar-refractivity contribution in [3.8, 4) is 6.07 Å². The lowest BCUT2D eigenvalue weighted by molar-refractivity contribution is -0.133. The summed E-state index contributed by atoms with van der Waals surface area (Å²) in [6.45, 7) is 1.90. The fourth-order valence-electron chi connectivity index (χ4n) is 5.77. The van der Waals surface area contributed by atoms with Crippen LogP contribution in [-0.2, 0) is 4.79 Å². The van der Waals surface area contributed by atoms with Gasteiger partial charge in [-0.05, 0) is 99.1 Å². The zero-order valence-corrected chi connectivity index (χ0v) is 18.4. The number of nitrogens with zero attached hydrogens (tertiary/aromatic N) is 2. The minimum Gasteiger partial charge on any atom is -0.326 e. The minimum atomic E-state index is -0.473. The van der Waals surface area contributed by atoms with Crippen LogP contribution in [0.3, 0.4) is 0 Å². The van der Waals surface area contributed by atoms with E-state index in [0.29, 0.717) is 12.3 Å². The second-order valence-electron chi connectivity index (χ2n) is 10.2. The summed E-state index contributed by atoms with van der Waals surface area (Å²) in [5, 5.41) is 13.2. The lowest BCUT2D eigenvalue weighted by Gasteiger charge is -2.51. The van der Waals surface area contributed by atoms with Crippen molar-refractivity contribution in [1.29, 1.82) is 5.26 Å². The lowest BCUT2D eigenvalue weighted by Crippen LogP contribution is -2.46. The van der Waals surface area contributed by atoms with E-state index >= 15 is 0 Å². The van der Waals surface area contributed by atoms with Crippen molar-refractivity contribution in [2.75, 3.05) is 0 Å². The number of nitriles is 1. The number of carbonyl (C=O) groups is 1. The molecule has 1 spiro atoms. The highest BCUT2D eigenvalue weighted by atomic mass is 19.1. The number of fused-ring (bicyclic) bond motifs is 1. The Balaban J connectivity index is 1.17. The van der Waals surface area contributed by atoms with Gasteiger partial charge >= 0.3 is 0 Å². The number of pyridine rings is 1. The SMILES string of the molecule is CC1(C#N)C=CC(NC(=O)C2CC3(CCC(c4ccnc5ccc(F)cc45)CC3)C2)=CC1. The van der Waals surface area contributed by atoms with E-state index in [1.807, 2.05) is 37.4 Å². The first-order valence-corrected chi connectivity index (χ1v) is 11.5. The molecule has 1 heterocycles. The number of aromatic nitrogens is 1. The molecule has 5 heteroatoms. The molecule has 0 radical (unpaired) electrons. The first kappa shape index (κ1) is 20.9. The molecule has 2 saturated carbocycles. The van der Waals surface area contributed by atoms with Gasteiger partial charge in [0.15, 0.2) is 0 Å². The Kier molecular flexibility index (Phi) is 5.12. The smallest absolute Gasteiger partial charge is 0.227 e. The van der Waals surface area contributed by atoms with Gasteiger partial charge in [-0.15, -0.1) is 0 Å². The van der Waals surface area contributed by atoms with Gasteiger partial charge in [-0.25, -0.2) is 4.39 Å². The van der Waals surface area contributed by atoms with Crippen molar-refractivity contribution in [3.63, 3.8) is 0 Å². The van der Waals surface area contributed by atoms with E-state index in [4.69, 9.17) is 0 Å². The summed E-state index contributed by atoms with van der Waals surface area (Å²) in [6.07, 6.45) is 14.4. The molecule has 3 aliphatic carbocycles. The molecule has 0 bridgehead atoms. The van der Waals surface area contributed by atoms with Crippen LogP contribution in [0.15, 0.2) is 54.4 Å². The predicted molar refractivity (Wildman–Crippen MR) is 122 cm³/mol. The number of rotatable bonds is 3. The van der Waals surface area contributed by atoms with Crippen LogP contribution in [0.2, 0.25) is 0 Å². The zero-order chi connectivity index (χ0) is 22.3. The molecule has 2 fully saturated rings. The lowest BCUT2D eigenvalue weighted by atomic mass is 9.54. The Morgan fingerprint density at radius 3 is 2.72 bits per heavy atom. The predicted octanol–water partition coefficient (Wildman–Crippen LogP) is 5.92. The third-order valence-electron chi connectivity index (χ3n) is 7.85. The average molecular weight is 430 g/mol. The largest absolute Gasteiger partial charge is 0.326 e. The molecular weight excluding hydrogens is 401 g/mol. The number of halogens is 1. The molecule has 0 aliphatic heterocycles. The Morgan fingerprint density at radius 1 is 1.25 bits per heavy atom. The van der Waals surface area contributed by atoms with Gasteiger partial charge in [0.1, 0.15) is 5.82 Å². The average Bonchev–Trinajstić information content (AvgIpc) is 2.79. The van der Waals surface area contributed by atoms with Crippen molar-refractivity contribution in [2.45, 2.75) is 57.8 Å². The van der Waals surface area contributed by atoms with Gasteiger partial charge in [0, 0.05) is 23.2 Å². The van der Waals surface area contributed by atoms with Crippen LogP contribution < -0.4 is 5.32 Å². The van der Waals surface area contributed by atoms with Crippen LogP contribution in [0.5, 0.6) is 0 Å². The normalized spacial score (nSPS) is 31.6. The number of allylic oxidation sites excluding steroid dienone is 3.